The molecule has 3 rings (SSSR count). The number of aromatic nitrogens is 1. The number of nitrogens with one attached hydrogen (secondary N) is 2. The summed E-state index contributed by atoms with van der Waals surface area (Å²) in [5.74, 6) is 0.734. The maximum atomic E-state index is 5.48. The van der Waals surface area contributed by atoms with Gasteiger partial charge in [0, 0.05) is 19.5 Å². The van der Waals surface area contributed by atoms with Gasteiger partial charge in [0.15, 0.2) is 11.5 Å². The van der Waals surface area contributed by atoms with Crippen LogP contribution in [0.2, 0.25) is 0 Å². The Morgan fingerprint density at radius 2 is 2.42 bits per heavy atom. The number of benzene rings is 1. The van der Waals surface area contributed by atoms with E-state index in [-0.39, 0.29) is 0 Å². The van der Waals surface area contributed by atoms with E-state index in [1.807, 2.05) is 13.0 Å². The Hall–Kier alpha value is -1.39. The summed E-state index contributed by atoms with van der Waals surface area (Å²) >= 11 is 0. The summed E-state index contributed by atoms with van der Waals surface area (Å²) in [6, 6.07) is 6.94. The van der Waals surface area contributed by atoms with Gasteiger partial charge in [-0.2, -0.15) is 0 Å². The molecular formula is C15H21N3O. The lowest BCUT2D eigenvalue weighted by Gasteiger charge is -2.11. The summed E-state index contributed by atoms with van der Waals surface area (Å²) in [6.07, 6.45) is 3.65. The second-order valence-electron chi connectivity index (χ2n) is 5.28. The zero-order valence-corrected chi connectivity index (χ0v) is 11.4. The largest absolute Gasteiger partial charge is 0.441 e. The van der Waals surface area contributed by atoms with Gasteiger partial charge >= 0.3 is 0 Å². The molecule has 0 radical (unpaired) electrons. The zero-order valence-electron chi connectivity index (χ0n) is 11.4. The van der Waals surface area contributed by atoms with Crippen molar-refractivity contribution in [1.82, 2.24) is 15.6 Å². The Balaban J connectivity index is 1.50. The van der Waals surface area contributed by atoms with Crippen molar-refractivity contribution in [2.45, 2.75) is 32.2 Å². The van der Waals surface area contributed by atoms with Crippen molar-refractivity contribution in [3.63, 3.8) is 0 Å². The first-order valence-electron chi connectivity index (χ1n) is 7.11. The minimum atomic E-state index is 0.667. The van der Waals surface area contributed by atoms with Crippen LogP contribution in [0.1, 0.15) is 24.3 Å². The number of rotatable bonds is 5. The fraction of sp³-hybridized carbons (Fsp3) is 0.533. The standard InChI is InChI=1S/C15H21N3O/c1-11-18-14-9-12(4-5-15(14)19-11)6-8-16-10-13-3-2-7-17-13/h4-5,9,13,16-17H,2-3,6-8,10H2,1H3. The Morgan fingerprint density at radius 1 is 1.47 bits per heavy atom. The molecule has 4 nitrogen and oxygen atoms in total. The quantitative estimate of drug-likeness (QED) is 0.807. The molecule has 1 aromatic heterocycles. The van der Waals surface area contributed by atoms with Crippen LogP contribution in [0.3, 0.4) is 0 Å². The summed E-state index contributed by atoms with van der Waals surface area (Å²) < 4.78 is 5.48. The van der Waals surface area contributed by atoms with Gasteiger partial charge in [0.05, 0.1) is 0 Å². The second-order valence-corrected chi connectivity index (χ2v) is 5.28. The van der Waals surface area contributed by atoms with Gasteiger partial charge in [-0.25, -0.2) is 4.98 Å². The molecule has 2 N–H and O–H groups in total. The van der Waals surface area contributed by atoms with Gasteiger partial charge in [0.2, 0.25) is 0 Å². The van der Waals surface area contributed by atoms with Crippen molar-refractivity contribution in [3.05, 3.63) is 29.7 Å². The van der Waals surface area contributed by atoms with Crippen molar-refractivity contribution in [1.29, 1.82) is 0 Å². The molecule has 1 unspecified atom stereocenters. The molecule has 2 heterocycles. The maximum absolute atomic E-state index is 5.48. The van der Waals surface area contributed by atoms with E-state index in [4.69, 9.17) is 4.42 Å². The third-order valence-electron chi connectivity index (χ3n) is 3.70. The number of oxazole rings is 1. The molecule has 0 saturated carbocycles. The van der Waals surface area contributed by atoms with Gasteiger partial charge in [-0.1, -0.05) is 6.07 Å². The van der Waals surface area contributed by atoms with Crippen molar-refractivity contribution >= 4 is 11.1 Å². The zero-order chi connectivity index (χ0) is 13.1. The van der Waals surface area contributed by atoms with Crippen LogP contribution in [-0.2, 0) is 6.42 Å². The minimum absolute atomic E-state index is 0.667. The molecular weight excluding hydrogens is 238 g/mol. The van der Waals surface area contributed by atoms with E-state index in [2.05, 4.69) is 27.8 Å². The smallest absolute Gasteiger partial charge is 0.192 e. The summed E-state index contributed by atoms with van der Waals surface area (Å²) in [5.41, 5.74) is 3.16. The highest BCUT2D eigenvalue weighted by atomic mass is 16.3. The van der Waals surface area contributed by atoms with Crippen LogP contribution >= 0.6 is 0 Å². The normalized spacial score (nSPS) is 19.3. The number of hydrogen-bond donors (Lipinski definition) is 2. The lowest BCUT2D eigenvalue weighted by molar-refractivity contribution is 0.537. The highest BCUT2D eigenvalue weighted by Crippen LogP contribution is 2.16. The molecule has 1 atom stereocenters. The first-order valence-corrected chi connectivity index (χ1v) is 7.11. The lowest BCUT2D eigenvalue weighted by atomic mass is 10.1. The van der Waals surface area contributed by atoms with E-state index in [1.165, 1.54) is 24.9 Å². The average molecular weight is 259 g/mol. The molecule has 0 spiro atoms. The summed E-state index contributed by atoms with van der Waals surface area (Å²) in [4.78, 5) is 4.37. The summed E-state index contributed by atoms with van der Waals surface area (Å²) in [7, 11) is 0. The SMILES string of the molecule is Cc1nc2cc(CCNCC3CCCN3)ccc2o1. The van der Waals surface area contributed by atoms with Crippen LogP contribution in [-0.4, -0.2) is 30.7 Å². The van der Waals surface area contributed by atoms with Crippen LogP contribution in [0, 0.1) is 6.92 Å². The number of fused-ring (bicyclic) bond motifs is 1. The Labute approximate surface area is 113 Å². The van der Waals surface area contributed by atoms with Gasteiger partial charge < -0.3 is 15.1 Å². The van der Waals surface area contributed by atoms with Crippen LogP contribution < -0.4 is 10.6 Å². The van der Waals surface area contributed by atoms with Crippen molar-refractivity contribution in [3.8, 4) is 0 Å². The summed E-state index contributed by atoms with van der Waals surface area (Å²) in [6.45, 7) is 5.15. The summed E-state index contributed by atoms with van der Waals surface area (Å²) in [5, 5.41) is 7.02. The van der Waals surface area contributed by atoms with Crippen LogP contribution in [0.5, 0.6) is 0 Å². The number of nitrogens with zero attached hydrogens (tertiary/aromatic N) is 1. The lowest BCUT2D eigenvalue weighted by Crippen LogP contribution is -2.34. The molecule has 2 aromatic rings. The van der Waals surface area contributed by atoms with Crippen molar-refractivity contribution in [2.24, 2.45) is 0 Å². The molecule has 1 saturated heterocycles. The number of hydrogen-bond acceptors (Lipinski definition) is 4. The monoisotopic (exact) mass is 259 g/mol. The molecule has 0 amide bonds. The predicted octanol–water partition coefficient (Wildman–Crippen LogP) is 2.02. The first-order chi connectivity index (χ1) is 9.31. The van der Waals surface area contributed by atoms with Crippen molar-refractivity contribution < 1.29 is 4.42 Å². The van der Waals surface area contributed by atoms with E-state index in [9.17, 15) is 0 Å². The van der Waals surface area contributed by atoms with Crippen LogP contribution in [0.4, 0.5) is 0 Å². The fourth-order valence-corrected chi connectivity index (χ4v) is 2.68. The molecule has 1 aliphatic rings. The van der Waals surface area contributed by atoms with E-state index < -0.39 is 0 Å². The van der Waals surface area contributed by atoms with Crippen LogP contribution in [0.15, 0.2) is 22.6 Å². The Bertz CT molecular complexity index is 543. The molecule has 19 heavy (non-hydrogen) atoms. The molecule has 1 fully saturated rings. The van der Waals surface area contributed by atoms with E-state index in [0.29, 0.717) is 6.04 Å². The maximum Gasteiger partial charge on any atom is 0.192 e. The topological polar surface area (TPSA) is 50.1 Å². The molecule has 1 aliphatic heterocycles. The second kappa shape index (κ2) is 5.72. The van der Waals surface area contributed by atoms with Gasteiger partial charge in [-0.05, 0) is 50.0 Å². The highest BCUT2D eigenvalue weighted by Gasteiger charge is 2.12. The van der Waals surface area contributed by atoms with Crippen LogP contribution in [0.25, 0.3) is 11.1 Å². The Morgan fingerprint density at radius 3 is 3.26 bits per heavy atom. The van der Waals surface area contributed by atoms with E-state index in [0.717, 1.165) is 36.5 Å². The molecule has 0 bridgehead atoms. The molecule has 4 heteroatoms. The van der Waals surface area contributed by atoms with Gasteiger partial charge in [-0.3, -0.25) is 0 Å². The van der Waals surface area contributed by atoms with E-state index >= 15 is 0 Å². The van der Waals surface area contributed by atoms with Gasteiger partial charge in [0.25, 0.3) is 0 Å². The Kier molecular flexibility index (Phi) is 3.80. The average Bonchev–Trinajstić information content (AvgIpc) is 3.02. The molecule has 0 aliphatic carbocycles. The highest BCUT2D eigenvalue weighted by molar-refractivity contribution is 5.73. The minimum Gasteiger partial charge on any atom is -0.441 e. The number of aryl methyl sites for hydroxylation is 1. The third kappa shape index (κ3) is 3.14. The van der Waals surface area contributed by atoms with Crippen molar-refractivity contribution in [2.75, 3.05) is 19.6 Å². The third-order valence-corrected chi connectivity index (χ3v) is 3.70. The predicted molar refractivity (Wildman–Crippen MR) is 76.3 cm³/mol. The van der Waals surface area contributed by atoms with Gasteiger partial charge in [0.1, 0.15) is 5.52 Å². The molecule has 1 aromatic carbocycles. The van der Waals surface area contributed by atoms with E-state index in [1.54, 1.807) is 0 Å². The van der Waals surface area contributed by atoms with Gasteiger partial charge in [-0.15, -0.1) is 0 Å². The fourth-order valence-electron chi connectivity index (χ4n) is 2.68. The first kappa shape index (κ1) is 12.6. The molecule has 102 valence electrons.